The number of nitrogens with zero attached hydrogens (tertiary/aromatic N) is 2. The van der Waals surface area contributed by atoms with Crippen LogP contribution < -0.4 is 5.32 Å². The number of nitrogens with one attached hydrogen (secondary N) is 1. The number of pyridine rings is 1. The minimum absolute atomic E-state index is 0.0795. The molecule has 0 aromatic carbocycles. The van der Waals surface area contributed by atoms with Gasteiger partial charge in [-0.05, 0) is 31.4 Å². The van der Waals surface area contributed by atoms with Crippen LogP contribution in [-0.4, -0.2) is 40.0 Å². The Kier molecular flexibility index (Phi) is 2.02. The second-order valence-corrected chi connectivity index (χ2v) is 7.14. The van der Waals surface area contributed by atoms with Crippen molar-refractivity contribution in [1.29, 1.82) is 0 Å². The number of carbonyl (C=O) groups excluding carboxylic acids is 1. The minimum Gasteiger partial charge on any atom is -0.345 e. The van der Waals surface area contributed by atoms with Crippen LogP contribution in [0.2, 0.25) is 0 Å². The van der Waals surface area contributed by atoms with E-state index < -0.39 is 0 Å². The highest BCUT2D eigenvalue weighted by Crippen LogP contribution is 2.59. The number of hydrogen-bond donors (Lipinski definition) is 1. The van der Waals surface area contributed by atoms with E-state index in [-0.39, 0.29) is 5.91 Å². The zero-order valence-corrected chi connectivity index (χ0v) is 11.8. The Hall–Kier alpha value is -1.46. The van der Waals surface area contributed by atoms with E-state index in [0.29, 0.717) is 17.6 Å². The molecule has 0 bridgehead atoms. The standard InChI is InChI=1S/C15H15N3OS/c19-13(11-8-9-2-1-6-16-14(9)20-11)17-12-10-3-7-18(10)15(12)4-5-15/h1-2,6,8,10,12H,3-5,7H2,(H,17,19). The first kappa shape index (κ1) is 11.2. The molecule has 5 rings (SSSR count). The fourth-order valence-electron chi connectivity index (χ4n) is 3.92. The number of piperidine rings is 1. The summed E-state index contributed by atoms with van der Waals surface area (Å²) in [5.41, 5.74) is 0.341. The van der Waals surface area contributed by atoms with Crippen LogP contribution in [0.25, 0.3) is 10.2 Å². The quantitative estimate of drug-likeness (QED) is 0.918. The number of fused-ring (bicyclic) bond motifs is 3. The second kappa shape index (κ2) is 3.59. The zero-order chi connectivity index (χ0) is 13.3. The van der Waals surface area contributed by atoms with Crippen LogP contribution in [0.1, 0.15) is 28.9 Å². The van der Waals surface area contributed by atoms with Crippen LogP contribution >= 0.6 is 11.3 Å². The molecule has 2 aliphatic heterocycles. The van der Waals surface area contributed by atoms with Crippen LogP contribution in [0, 0.1) is 0 Å². The van der Waals surface area contributed by atoms with E-state index in [1.54, 1.807) is 6.20 Å². The molecule has 1 N–H and O–H groups in total. The number of thiophene rings is 1. The van der Waals surface area contributed by atoms with Crippen LogP contribution in [0.4, 0.5) is 0 Å². The summed E-state index contributed by atoms with van der Waals surface area (Å²) in [5.74, 6) is 0.0795. The van der Waals surface area contributed by atoms with Crippen molar-refractivity contribution in [3.63, 3.8) is 0 Å². The SMILES string of the molecule is O=C(NC1C2CCN2C12CC2)c1cc2cccnc2s1. The molecule has 1 amide bonds. The largest absolute Gasteiger partial charge is 0.345 e. The third-order valence-corrected chi connectivity index (χ3v) is 6.23. The predicted octanol–water partition coefficient (Wildman–Crippen LogP) is 2.02. The number of carbonyl (C=O) groups is 1. The normalized spacial score (nSPS) is 29.6. The van der Waals surface area contributed by atoms with Gasteiger partial charge in [-0.2, -0.15) is 0 Å². The smallest absolute Gasteiger partial charge is 0.261 e. The highest BCUT2D eigenvalue weighted by molar-refractivity contribution is 7.20. The molecule has 2 aromatic rings. The molecule has 2 aromatic heterocycles. The van der Waals surface area contributed by atoms with Crippen LogP contribution in [0.15, 0.2) is 24.4 Å². The molecular weight excluding hydrogens is 270 g/mol. The van der Waals surface area contributed by atoms with Crippen molar-refractivity contribution in [2.75, 3.05) is 6.54 Å². The number of aromatic nitrogens is 1. The fourth-order valence-corrected chi connectivity index (χ4v) is 4.82. The van der Waals surface area contributed by atoms with E-state index in [1.807, 2.05) is 18.2 Å². The third-order valence-electron chi connectivity index (χ3n) is 5.17. The van der Waals surface area contributed by atoms with Gasteiger partial charge in [-0.3, -0.25) is 9.69 Å². The fraction of sp³-hybridized carbons (Fsp3) is 0.467. The maximum Gasteiger partial charge on any atom is 0.261 e. The zero-order valence-electron chi connectivity index (χ0n) is 11.0. The summed E-state index contributed by atoms with van der Waals surface area (Å²) in [6.45, 7) is 1.23. The lowest BCUT2D eigenvalue weighted by Crippen LogP contribution is -2.80. The predicted molar refractivity (Wildman–Crippen MR) is 78.0 cm³/mol. The molecule has 2 unspecified atom stereocenters. The monoisotopic (exact) mass is 285 g/mol. The maximum absolute atomic E-state index is 12.5. The molecule has 4 heterocycles. The van der Waals surface area contributed by atoms with Crippen molar-refractivity contribution in [2.45, 2.75) is 36.9 Å². The second-order valence-electron chi connectivity index (χ2n) is 6.11. The molecule has 1 spiro atoms. The van der Waals surface area contributed by atoms with Crippen molar-refractivity contribution in [3.05, 3.63) is 29.3 Å². The molecule has 4 nitrogen and oxygen atoms in total. The molecular formula is C15H15N3OS. The number of rotatable bonds is 2. The minimum atomic E-state index is 0.0795. The van der Waals surface area contributed by atoms with Gasteiger partial charge in [-0.15, -0.1) is 11.3 Å². The van der Waals surface area contributed by atoms with Crippen LogP contribution in [0.3, 0.4) is 0 Å². The molecule has 5 heteroatoms. The molecule has 1 saturated carbocycles. The van der Waals surface area contributed by atoms with E-state index in [2.05, 4.69) is 15.2 Å². The summed E-state index contributed by atoms with van der Waals surface area (Å²) >= 11 is 1.49. The van der Waals surface area contributed by atoms with Gasteiger partial charge in [0.1, 0.15) is 4.83 Å². The Morgan fingerprint density at radius 2 is 2.40 bits per heavy atom. The summed E-state index contributed by atoms with van der Waals surface area (Å²) in [6.07, 6.45) is 5.52. The Morgan fingerprint density at radius 1 is 1.50 bits per heavy atom. The van der Waals surface area contributed by atoms with Crippen molar-refractivity contribution in [1.82, 2.24) is 15.2 Å². The lowest BCUT2D eigenvalue weighted by Gasteiger charge is -2.63. The lowest BCUT2D eigenvalue weighted by atomic mass is 9.75. The molecule has 3 aliphatic rings. The van der Waals surface area contributed by atoms with Gasteiger partial charge in [0.05, 0.1) is 10.9 Å². The Labute approximate surface area is 120 Å². The van der Waals surface area contributed by atoms with Gasteiger partial charge in [0.25, 0.3) is 5.91 Å². The summed E-state index contributed by atoms with van der Waals surface area (Å²) in [5, 5.41) is 4.34. The molecule has 2 saturated heterocycles. The third kappa shape index (κ3) is 1.29. The average Bonchev–Trinajstić information content (AvgIpc) is 3.09. The highest BCUT2D eigenvalue weighted by atomic mass is 32.1. The van der Waals surface area contributed by atoms with Crippen LogP contribution in [0.5, 0.6) is 0 Å². The molecule has 3 fully saturated rings. The Balaban J connectivity index is 1.40. The summed E-state index contributed by atoms with van der Waals surface area (Å²) in [6, 6.07) is 6.86. The first-order valence-electron chi connectivity index (χ1n) is 7.20. The van der Waals surface area contributed by atoms with Gasteiger partial charge in [0.2, 0.25) is 0 Å². The van der Waals surface area contributed by atoms with E-state index in [4.69, 9.17) is 0 Å². The van der Waals surface area contributed by atoms with Crippen molar-refractivity contribution >= 4 is 27.5 Å². The molecule has 2 atom stereocenters. The summed E-state index contributed by atoms with van der Waals surface area (Å²) in [4.78, 5) is 21.1. The van der Waals surface area contributed by atoms with E-state index in [0.717, 1.165) is 15.1 Å². The van der Waals surface area contributed by atoms with Crippen molar-refractivity contribution in [3.8, 4) is 0 Å². The summed E-state index contributed by atoms with van der Waals surface area (Å²) in [7, 11) is 0. The Bertz CT molecular complexity index is 688. The molecule has 1 aliphatic carbocycles. The maximum atomic E-state index is 12.5. The molecule has 20 heavy (non-hydrogen) atoms. The first-order valence-corrected chi connectivity index (χ1v) is 8.02. The lowest BCUT2D eigenvalue weighted by molar-refractivity contribution is -0.113. The number of hydrogen-bond acceptors (Lipinski definition) is 4. The van der Waals surface area contributed by atoms with Gasteiger partial charge < -0.3 is 5.32 Å². The topological polar surface area (TPSA) is 45.2 Å². The van der Waals surface area contributed by atoms with Gasteiger partial charge in [0.15, 0.2) is 0 Å². The van der Waals surface area contributed by atoms with E-state index >= 15 is 0 Å². The Morgan fingerprint density at radius 3 is 3.10 bits per heavy atom. The molecule has 102 valence electrons. The van der Waals surface area contributed by atoms with Gasteiger partial charge in [-0.1, -0.05) is 6.07 Å². The molecule has 0 radical (unpaired) electrons. The van der Waals surface area contributed by atoms with E-state index in [9.17, 15) is 4.79 Å². The number of amides is 1. The first-order chi connectivity index (χ1) is 9.78. The van der Waals surface area contributed by atoms with Gasteiger partial charge in [0, 0.05) is 29.7 Å². The van der Waals surface area contributed by atoms with Crippen molar-refractivity contribution < 1.29 is 4.79 Å². The summed E-state index contributed by atoms with van der Waals surface area (Å²) < 4.78 is 0. The van der Waals surface area contributed by atoms with Crippen molar-refractivity contribution in [2.24, 2.45) is 0 Å². The van der Waals surface area contributed by atoms with Crippen LogP contribution in [-0.2, 0) is 0 Å². The van der Waals surface area contributed by atoms with Gasteiger partial charge in [-0.25, -0.2) is 4.98 Å². The van der Waals surface area contributed by atoms with E-state index in [1.165, 1.54) is 37.1 Å². The average molecular weight is 285 g/mol. The highest BCUT2D eigenvalue weighted by Gasteiger charge is 2.70. The van der Waals surface area contributed by atoms with Gasteiger partial charge >= 0.3 is 0 Å².